The third-order valence-corrected chi connectivity index (χ3v) is 7.46. The first-order valence-corrected chi connectivity index (χ1v) is 13.1. The quantitative estimate of drug-likeness (QED) is 0.234. The largest absolute Gasteiger partial charge is 0.493 e. The maximum Gasteiger partial charge on any atom is 0.220 e. The van der Waals surface area contributed by atoms with E-state index in [0.29, 0.717) is 16.4 Å². The van der Waals surface area contributed by atoms with Crippen molar-refractivity contribution in [1.29, 1.82) is 10.5 Å². The second-order valence-corrected chi connectivity index (χ2v) is 10.3. The molecule has 0 saturated carbocycles. The van der Waals surface area contributed by atoms with E-state index < -0.39 is 11.8 Å². The minimum atomic E-state index is -1.05. The first kappa shape index (κ1) is 24.5. The third-order valence-electron chi connectivity index (χ3n) is 6.12. The average Bonchev–Trinajstić information content (AvgIpc) is 3.54. The van der Waals surface area contributed by atoms with Crippen LogP contribution in [0.5, 0.6) is 5.88 Å². The fourth-order valence-corrected chi connectivity index (χ4v) is 5.29. The maximum absolute atomic E-state index is 11.6. The summed E-state index contributed by atoms with van der Waals surface area (Å²) in [6, 6.07) is 29.1. The number of aromatic nitrogens is 3. The van der Waals surface area contributed by atoms with E-state index in [1.54, 1.807) is 0 Å². The van der Waals surface area contributed by atoms with E-state index >= 15 is 0 Å². The predicted molar refractivity (Wildman–Crippen MR) is 147 cm³/mol. The van der Waals surface area contributed by atoms with E-state index in [9.17, 15) is 15.6 Å². The lowest BCUT2D eigenvalue weighted by Gasteiger charge is -2.19. The van der Waals surface area contributed by atoms with Crippen LogP contribution in [0.25, 0.3) is 27.6 Å². The van der Waals surface area contributed by atoms with E-state index in [-0.39, 0.29) is 5.88 Å². The number of thiazole rings is 1. The molecule has 0 saturated heterocycles. The molecule has 1 N–H and O–H groups in total. The Morgan fingerprint density at radius 1 is 0.919 bits per heavy atom. The van der Waals surface area contributed by atoms with Crippen molar-refractivity contribution in [1.82, 2.24) is 14.8 Å². The van der Waals surface area contributed by atoms with Crippen molar-refractivity contribution in [3.63, 3.8) is 0 Å². The zero-order valence-corrected chi connectivity index (χ0v) is 22.1. The normalized spacial score (nSPS) is 11.7. The van der Waals surface area contributed by atoms with Gasteiger partial charge in [-0.2, -0.15) is 20.3 Å². The Bertz CT molecular complexity index is 1610. The van der Waals surface area contributed by atoms with Crippen LogP contribution in [0.15, 0.2) is 88.7 Å². The van der Waals surface area contributed by atoms with Crippen LogP contribution < -0.4 is 0 Å². The molecule has 2 heterocycles. The lowest BCUT2D eigenvalue weighted by atomic mass is 9.81. The fourth-order valence-electron chi connectivity index (χ4n) is 4.24. The molecular formula is C29H20BrN5OS. The standard InChI is InChI=1S/C29H20BrN5OS/c1-18-7-9-19(10-8-18)24-17-37-29(33-24)35-28(36)26(27(34-35)21-5-3-2-4-6-21)25(22(15-31)16-32)20-11-13-23(30)14-12-20/h2-14,17,22,25,36H,1H3. The third kappa shape index (κ3) is 4.77. The number of nitrogens with zero attached hydrogens (tertiary/aromatic N) is 5. The van der Waals surface area contributed by atoms with Crippen molar-refractivity contribution < 1.29 is 5.11 Å². The summed E-state index contributed by atoms with van der Waals surface area (Å²) in [6.45, 7) is 2.03. The molecule has 2 aromatic heterocycles. The molecule has 0 aliphatic rings. The minimum Gasteiger partial charge on any atom is -0.493 e. The Morgan fingerprint density at radius 2 is 1.59 bits per heavy atom. The number of aryl methyl sites for hydroxylation is 1. The molecule has 5 rings (SSSR count). The topological polar surface area (TPSA) is 98.5 Å². The van der Waals surface area contributed by atoms with E-state index in [2.05, 4.69) is 28.1 Å². The van der Waals surface area contributed by atoms with Gasteiger partial charge in [0.05, 0.1) is 23.4 Å². The average molecular weight is 566 g/mol. The van der Waals surface area contributed by atoms with Gasteiger partial charge in [-0.1, -0.05) is 88.2 Å². The second-order valence-electron chi connectivity index (χ2n) is 8.51. The fraction of sp³-hybridized carbons (Fsp3) is 0.103. The van der Waals surface area contributed by atoms with E-state index in [1.807, 2.05) is 91.2 Å². The van der Waals surface area contributed by atoms with E-state index in [4.69, 9.17) is 10.1 Å². The van der Waals surface area contributed by atoms with Gasteiger partial charge in [-0.25, -0.2) is 4.98 Å². The van der Waals surface area contributed by atoms with Crippen molar-refractivity contribution in [2.45, 2.75) is 12.8 Å². The molecule has 5 aromatic rings. The van der Waals surface area contributed by atoms with Gasteiger partial charge < -0.3 is 5.11 Å². The van der Waals surface area contributed by atoms with Gasteiger partial charge in [0.25, 0.3) is 0 Å². The molecule has 0 spiro atoms. The number of aromatic hydroxyl groups is 1. The molecule has 0 bridgehead atoms. The summed E-state index contributed by atoms with van der Waals surface area (Å²) in [5, 5.41) is 38.6. The number of benzene rings is 3. The lowest BCUT2D eigenvalue weighted by Crippen LogP contribution is -2.12. The van der Waals surface area contributed by atoms with Crippen molar-refractivity contribution in [3.05, 3.63) is 105 Å². The van der Waals surface area contributed by atoms with Crippen molar-refractivity contribution in [3.8, 4) is 45.7 Å². The Hall–Kier alpha value is -4.24. The summed E-state index contributed by atoms with van der Waals surface area (Å²) >= 11 is 4.80. The molecule has 0 aliphatic carbocycles. The van der Waals surface area contributed by atoms with Gasteiger partial charge in [-0.3, -0.25) is 0 Å². The molecule has 180 valence electrons. The van der Waals surface area contributed by atoms with Gasteiger partial charge in [-0.15, -0.1) is 11.3 Å². The van der Waals surface area contributed by atoms with Gasteiger partial charge in [0.1, 0.15) is 11.6 Å². The first-order chi connectivity index (χ1) is 18.0. The van der Waals surface area contributed by atoms with Crippen molar-refractivity contribution in [2.75, 3.05) is 0 Å². The zero-order chi connectivity index (χ0) is 25.9. The molecule has 0 aliphatic heterocycles. The maximum atomic E-state index is 11.6. The van der Waals surface area contributed by atoms with Gasteiger partial charge >= 0.3 is 0 Å². The van der Waals surface area contributed by atoms with Crippen LogP contribution >= 0.6 is 27.3 Å². The molecule has 0 amide bonds. The highest BCUT2D eigenvalue weighted by molar-refractivity contribution is 9.10. The number of hydrogen-bond acceptors (Lipinski definition) is 6. The summed E-state index contributed by atoms with van der Waals surface area (Å²) in [5.74, 6) is -1.93. The van der Waals surface area contributed by atoms with Crippen LogP contribution in [-0.2, 0) is 0 Å². The smallest absolute Gasteiger partial charge is 0.220 e. The van der Waals surface area contributed by atoms with Crippen LogP contribution in [-0.4, -0.2) is 19.9 Å². The lowest BCUT2D eigenvalue weighted by molar-refractivity contribution is 0.423. The molecule has 1 atom stereocenters. The van der Waals surface area contributed by atoms with Crippen LogP contribution in [0.1, 0.15) is 22.6 Å². The van der Waals surface area contributed by atoms with Crippen LogP contribution in [0, 0.1) is 35.5 Å². The Morgan fingerprint density at radius 3 is 2.24 bits per heavy atom. The molecule has 6 nitrogen and oxygen atoms in total. The zero-order valence-electron chi connectivity index (χ0n) is 19.7. The molecule has 0 fully saturated rings. The SMILES string of the molecule is Cc1ccc(-c2csc(-n3nc(-c4ccccc4)c(C(c4ccc(Br)cc4)C(C#N)C#N)c3O)n2)cc1. The summed E-state index contributed by atoms with van der Waals surface area (Å²) in [5.41, 5.74) is 5.28. The van der Waals surface area contributed by atoms with Gasteiger partial charge in [0, 0.05) is 26.9 Å². The molecule has 8 heteroatoms. The number of nitriles is 2. The van der Waals surface area contributed by atoms with Gasteiger partial charge in [0.2, 0.25) is 11.0 Å². The predicted octanol–water partition coefficient (Wildman–Crippen LogP) is 7.23. The van der Waals surface area contributed by atoms with Crippen LogP contribution in [0.4, 0.5) is 0 Å². The van der Waals surface area contributed by atoms with Gasteiger partial charge in [0.15, 0.2) is 0 Å². The van der Waals surface area contributed by atoms with Gasteiger partial charge in [-0.05, 0) is 24.6 Å². The second kappa shape index (κ2) is 10.4. The summed E-state index contributed by atoms with van der Waals surface area (Å²) in [4.78, 5) is 4.74. The number of rotatable bonds is 6. The molecule has 1 unspecified atom stereocenters. The van der Waals surface area contributed by atoms with Crippen molar-refractivity contribution >= 4 is 27.3 Å². The minimum absolute atomic E-state index is 0.146. The summed E-state index contributed by atoms with van der Waals surface area (Å²) in [7, 11) is 0. The highest BCUT2D eigenvalue weighted by Gasteiger charge is 2.34. The Balaban J connectivity index is 1.71. The highest BCUT2D eigenvalue weighted by atomic mass is 79.9. The van der Waals surface area contributed by atoms with E-state index in [1.165, 1.54) is 16.0 Å². The first-order valence-electron chi connectivity index (χ1n) is 11.4. The Labute approximate surface area is 226 Å². The summed E-state index contributed by atoms with van der Waals surface area (Å²) in [6.07, 6.45) is 0. The molecule has 37 heavy (non-hydrogen) atoms. The highest BCUT2D eigenvalue weighted by Crippen LogP contribution is 2.44. The van der Waals surface area contributed by atoms with Crippen LogP contribution in [0.3, 0.4) is 0 Å². The number of hydrogen-bond donors (Lipinski definition) is 1. The number of halogens is 1. The van der Waals surface area contributed by atoms with E-state index in [0.717, 1.165) is 32.4 Å². The Kier molecular flexibility index (Phi) is 6.87. The summed E-state index contributed by atoms with van der Waals surface area (Å²) < 4.78 is 2.27. The molecular weight excluding hydrogens is 546 g/mol. The van der Waals surface area contributed by atoms with Crippen molar-refractivity contribution in [2.24, 2.45) is 5.92 Å². The monoisotopic (exact) mass is 565 g/mol. The van der Waals surface area contributed by atoms with Crippen LogP contribution in [0.2, 0.25) is 0 Å². The molecule has 0 radical (unpaired) electrons. The molecule has 3 aromatic carbocycles.